The molecule has 1 aromatic heterocycles. The van der Waals surface area contributed by atoms with E-state index in [0.717, 1.165) is 30.8 Å². The normalized spacial score (nSPS) is 13.6. The molecule has 0 unspecified atom stereocenters. The van der Waals surface area contributed by atoms with Crippen LogP contribution in [0.15, 0.2) is 42.6 Å². The van der Waals surface area contributed by atoms with Crippen LogP contribution >= 0.6 is 0 Å². The monoisotopic (exact) mass is 281 g/mol. The zero-order valence-corrected chi connectivity index (χ0v) is 12.2. The van der Waals surface area contributed by atoms with Crippen LogP contribution in [-0.2, 0) is 19.5 Å². The van der Waals surface area contributed by atoms with Gasteiger partial charge in [-0.1, -0.05) is 18.2 Å². The molecule has 0 saturated heterocycles. The largest absolute Gasteiger partial charge is 0.336 e. The first kappa shape index (κ1) is 13.8. The van der Waals surface area contributed by atoms with E-state index < -0.39 is 0 Å². The Morgan fingerprint density at radius 3 is 3.00 bits per heavy atom. The Morgan fingerprint density at radius 1 is 1.29 bits per heavy atom. The van der Waals surface area contributed by atoms with Crippen molar-refractivity contribution < 1.29 is 4.79 Å². The summed E-state index contributed by atoms with van der Waals surface area (Å²) in [5.41, 5.74) is 4.15. The molecule has 4 nitrogen and oxygen atoms in total. The van der Waals surface area contributed by atoms with Crippen LogP contribution in [0.1, 0.15) is 27.2 Å². The molecule has 0 spiro atoms. The Balaban J connectivity index is 1.82. The summed E-state index contributed by atoms with van der Waals surface area (Å²) in [5.74, 6) is 0.0689. The summed E-state index contributed by atoms with van der Waals surface area (Å²) < 4.78 is 0. The van der Waals surface area contributed by atoms with Gasteiger partial charge in [0, 0.05) is 25.4 Å². The fourth-order valence-corrected chi connectivity index (χ4v) is 2.74. The lowest BCUT2D eigenvalue weighted by molar-refractivity contribution is 0.0782. The molecular formula is C17H19N3O. The maximum absolute atomic E-state index is 12.7. The number of fused-ring (bicyclic) bond motifs is 1. The molecule has 108 valence electrons. The quantitative estimate of drug-likeness (QED) is 0.936. The molecular weight excluding hydrogens is 262 g/mol. The van der Waals surface area contributed by atoms with E-state index in [-0.39, 0.29) is 5.91 Å². The van der Waals surface area contributed by atoms with Crippen molar-refractivity contribution in [3.63, 3.8) is 0 Å². The van der Waals surface area contributed by atoms with Gasteiger partial charge in [0.05, 0.1) is 12.2 Å². The van der Waals surface area contributed by atoms with Crippen LogP contribution in [0.4, 0.5) is 0 Å². The molecule has 0 radical (unpaired) electrons. The lowest BCUT2D eigenvalue weighted by atomic mass is 9.95. The minimum Gasteiger partial charge on any atom is -0.336 e. The van der Waals surface area contributed by atoms with Crippen molar-refractivity contribution >= 4 is 5.91 Å². The SMILES string of the molecule is CN(Cc1ccccn1)C(=O)c1cccc2c1CCNC2. The van der Waals surface area contributed by atoms with Crippen LogP contribution in [0.2, 0.25) is 0 Å². The van der Waals surface area contributed by atoms with E-state index in [2.05, 4.69) is 16.4 Å². The second-order valence-electron chi connectivity index (χ2n) is 5.35. The smallest absolute Gasteiger partial charge is 0.254 e. The van der Waals surface area contributed by atoms with Crippen LogP contribution in [0.25, 0.3) is 0 Å². The van der Waals surface area contributed by atoms with Gasteiger partial charge in [-0.15, -0.1) is 0 Å². The molecule has 0 fully saturated rings. The average molecular weight is 281 g/mol. The van der Waals surface area contributed by atoms with Gasteiger partial charge in [-0.3, -0.25) is 9.78 Å². The second kappa shape index (κ2) is 6.06. The maximum Gasteiger partial charge on any atom is 0.254 e. The van der Waals surface area contributed by atoms with Crippen molar-refractivity contribution in [1.29, 1.82) is 0 Å². The highest BCUT2D eigenvalue weighted by Crippen LogP contribution is 2.20. The average Bonchev–Trinajstić information content (AvgIpc) is 2.54. The third-order valence-electron chi connectivity index (χ3n) is 3.84. The number of pyridine rings is 1. The third-order valence-corrected chi connectivity index (χ3v) is 3.84. The molecule has 4 heteroatoms. The number of carbonyl (C=O) groups excluding carboxylic acids is 1. The van der Waals surface area contributed by atoms with Gasteiger partial charge in [0.15, 0.2) is 0 Å². The zero-order chi connectivity index (χ0) is 14.7. The number of nitrogens with one attached hydrogen (secondary N) is 1. The number of nitrogens with zero attached hydrogens (tertiary/aromatic N) is 2. The number of aromatic nitrogens is 1. The highest BCUT2D eigenvalue weighted by atomic mass is 16.2. The van der Waals surface area contributed by atoms with Gasteiger partial charge in [0.1, 0.15) is 0 Å². The predicted octanol–water partition coefficient (Wildman–Crippen LogP) is 2.00. The fraction of sp³-hybridized carbons (Fsp3) is 0.294. The molecule has 3 rings (SSSR count). The van der Waals surface area contributed by atoms with E-state index >= 15 is 0 Å². The molecule has 0 atom stereocenters. The van der Waals surface area contributed by atoms with Gasteiger partial charge in [-0.25, -0.2) is 0 Å². The fourth-order valence-electron chi connectivity index (χ4n) is 2.74. The van der Waals surface area contributed by atoms with Crippen molar-refractivity contribution in [2.24, 2.45) is 0 Å². The first-order valence-corrected chi connectivity index (χ1v) is 7.22. The van der Waals surface area contributed by atoms with Crippen molar-refractivity contribution in [3.05, 3.63) is 65.0 Å². The molecule has 2 heterocycles. The summed E-state index contributed by atoms with van der Waals surface area (Å²) >= 11 is 0. The first-order chi connectivity index (χ1) is 10.3. The van der Waals surface area contributed by atoms with Crippen LogP contribution < -0.4 is 5.32 Å². The number of carbonyl (C=O) groups is 1. The summed E-state index contributed by atoms with van der Waals surface area (Å²) in [5, 5.41) is 3.34. The maximum atomic E-state index is 12.7. The molecule has 1 amide bonds. The molecule has 1 N–H and O–H groups in total. The van der Waals surface area contributed by atoms with Crippen LogP contribution in [0.3, 0.4) is 0 Å². The molecule has 1 aromatic carbocycles. The summed E-state index contributed by atoms with van der Waals surface area (Å²) in [6.45, 7) is 2.31. The minimum absolute atomic E-state index is 0.0689. The van der Waals surface area contributed by atoms with Gasteiger partial charge < -0.3 is 10.2 Å². The van der Waals surface area contributed by atoms with Crippen LogP contribution in [-0.4, -0.2) is 29.4 Å². The summed E-state index contributed by atoms with van der Waals surface area (Å²) in [6.07, 6.45) is 2.67. The summed E-state index contributed by atoms with van der Waals surface area (Å²) in [7, 11) is 1.83. The number of amides is 1. The highest BCUT2D eigenvalue weighted by molar-refractivity contribution is 5.96. The number of hydrogen-bond donors (Lipinski definition) is 1. The van der Waals surface area contributed by atoms with E-state index in [1.165, 1.54) is 11.1 Å². The number of rotatable bonds is 3. The van der Waals surface area contributed by atoms with E-state index in [1.54, 1.807) is 11.1 Å². The molecule has 1 aliphatic heterocycles. The minimum atomic E-state index is 0.0689. The molecule has 21 heavy (non-hydrogen) atoms. The van der Waals surface area contributed by atoms with Crippen LogP contribution in [0, 0.1) is 0 Å². The molecule has 0 bridgehead atoms. The molecule has 0 saturated carbocycles. The van der Waals surface area contributed by atoms with Gasteiger partial charge >= 0.3 is 0 Å². The van der Waals surface area contributed by atoms with Gasteiger partial charge in [-0.2, -0.15) is 0 Å². The molecule has 1 aliphatic rings. The Kier molecular flexibility index (Phi) is 3.97. The predicted molar refractivity (Wildman–Crippen MR) is 81.9 cm³/mol. The van der Waals surface area contributed by atoms with Gasteiger partial charge in [0.2, 0.25) is 0 Å². The number of benzene rings is 1. The van der Waals surface area contributed by atoms with Crippen molar-refractivity contribution in [2.75, 3.05) is 13.6 Å². The Hall–Kier alpha value is -2.20. The second-order valence-corrected chi connectivity index (χ2v) is 5.35. The van der Waals surface area contributed by atoms with Gasteiger partial charge in [0.25, 0.3) is 5.91 Å². The first-order valence-electron chi connectivity index (χ1n) is 7.22. The molecule has 2 aromatic rings. The Bertz CT molecular complexity index is 640. The topological polar surface area (TPSA) is 45.2 Å². The Morgan fingerprint density at radius 2 is 2.19 bits per heavy atom. The van der Waals surface area contributed by atoms with Crippen LogP contribution in [0.5, 0.6) is 0 Å². The van der Waals surface area contributed by atoms with Crippen molar-refractivity contribution in [1.82, 2.24) is 15.2 Å². The van der Waals surface area contributed by atoms with E-state index in [0.29, 0.717) is 6.54 Å². The van der Waals surface area contributed by atoms with Crippen molar-refractivity contribution in [3.8, 4) is 0 Å². The molecule has 0 aliphatic carbocycles. The van der Waals surface area contributed by atoms with E-state index in [9.17, 15) is 4.79 Å². The van der Waals surface area contributed by atoms with E-state index in [1.807, 2.05) is 37.4 Å². The third kappa shape index (κ3) is 2.95. The van der Waals surface area contributed by atoms with Gasteiger partial charge in [-0.05, 0) is 42.3 Å². The highest BCUT2D eigenvalue weighted by Gasteiger charge is 2.20. The van der Waals surface area contributed by atoms with Crippen molar-refractivity contribution in [2.45, 2.75) is 19.5 Å². The summed E-state index contributed by atoms with van der Waals surface area (Å²) in [4.78, 5) is 18.7. The lowest BCUT2D eigenvalue weighted by Crippen LogP contribution is -2.30. The van der Waals surface area contributed by atoms with E-state index in [4.69, 9.17) is 0 Å². The summed E-state index contributed by atoms with van der Waals surface area (Å²) in [6, 6.07) is 11.8. The lowest BCUT2D eigenvalue weighted by Gasteiger charge is -2.23. The standard InChI is InChI=1S/C17H19N3O/c1-20(12-14-6-2-3-9-19-14)17(21)16-7-4-5-13-11-18-10-8-15(13)16/h2-7,9,18H,8,10-12H2,1H3. The number of hydrogen-bond acceptors (Lipinski definition) is 3. The zero-order valence-electron chi connectivity index (χ0n) is 12.2. The Labute approximate surface area is 124 Å².